The third kappa shape index (κ3) is 3.44. The smallest absolute Gasteiger partial charge is 0.0219 e. The van der Waals surface area contributed by atoms with Gasteiger partial charge < -0.3 is 5.32 Å². The minimum Gasteiger partial charge on any atom is -0.315 e. The van der Waals surface area contributed by atoms with Crippen molar-refractivity contribution in [3.63, 3.8) is 0 Å². The molecule has 1 aliphatic heterocycles. The molecule has 1 fully saturated rings. The molecule has 3 atom stereocenters. The van der Waals surface area contributed by atoms with Gasteiger partial charge in [0, 0.05) is 37.8 Å². The Labute approximate surface area is 101 Å². The number of hydrogen-bond donors (Lipinski definition) is 1. The number of piperazine rings is 1. The highest BCUT2D eigenvalue weighted by atomic mass is 15.3. The van der Waals surface area contributed by atoms with Crippen LogP contribution in [-0.4, -0.2) is 61.2 Å². The van der Waals surface area contributed by atoms with Crippen LogP contribution in [0.5, 0.6) is 0 Å². The molecule has 16 heavy (non-hydrogen) atoms. The zero-order valence-electron chi connectivity index (χ0n) is 11.7. The van der Waals surface area contributed by atoms with E-state index in [2.05, 4.69) is 49.9 Å². The second-order valence-electron chi connectivity index (χ2n) is 5.19. The molecule has 1 saturated heterocycles. The average molecular weight is 227 g/mol. The molecular formula is C13H29N3. The van der Waals surface area contributed by atoms with E-state index < -0.39 is 0 Å². The van der Waals surface area contributed by atoms with Crippen LogP contribution in [0.4, 0.5) is 0 Å². The molecular weight excluding hydrogens is 198 g/mol. The highest BCUT2D eigenvalue weighted by Gasteiger charge is 2.29. The summed E-state index contributed by atoms with van der Waals surface area (Å²) in [5.41, 5.74) is 0. The van der Waals surface area contributed by atoms with E-state index in [1.165, 1.54) is 19.5 Å². The first kappa shape index (κ1) is 13.9. The topological polar surface area (TPSA) is 18.5 Å². The van der Waals surface area contributed by atoms with Crippen LogP contribution in [0.15, 0.2) is 0 Å². The van der Waals surface area contributed by atoms with Gasteiger partial charge >= 0.3 is 0 Å². The number of nitrogens with one attached hydrogen (secondary N) is 1. The lowest BCUT2D eigenvalue weighted by molar-refractivity contribution is 0.0326. The first-order valence-electron chi connectivity index (χ1n) is 6.76. The molecule has 0 aromatic rings. The molecule has 1 heterocycles. The van der Waals surface area contributed by atoms with Gasteiger partial charge in [0.1, 0.15) is 0 Å². The molecule has 0 amide bonds. The summed E-state index contributed by atoms with van der Waals surface area (Å²) in [7, 11) is 2.25. The molecule has 0 aromatic heterocycles. The summed E-state index contributed by atoms with van der Waals surface area (Å²) in [5, 5.41) is 3.48. The fraction of sp³-hybridized carbons (Fsp3) is 1.00. The SMILES string of the molecule is CCNCC(CC)N1CC(C)N(C)C(C)C1. The molecule has 96 valence electrons. The van der Waals surface area contributed by atoms with E-state index in [-0.39, 0.29) is 0 Å². The lowest BCUT2D eigenvalue weighted by Gasteiger charge is -2.45. The van der Waals surface area contributed by atoms with Crippen LogP contribution in [-0.2, 0) is 0 Å². The van der Waals surface area contributed by atoms with Crippen molar-refractivity contribution in [1.82, 2.24) is 15.1 Å². The Morgan fingerprint density at radius 2 is 1.75 bits per heavy atom. The summed E-state index contributed by atoms with van der Waals surface area (Å²) >= 11 is 0. The number of likely N-dealkylation sites (N-methyl/N-ethyl adjacent to an activating group) is 2. The van der Waals surface area contributed by atoms with Crippen LogP contribution < -0.4 is 5.32 Å². The van der Waals surface area contributed by atoms with Crippen molar-refractivity contribution in [2.75, 3.05) is 33.2 Å². The largest absolute Gasteiger partial charge is 0.315 e. The van der Waals surface area contributed by atoms with Gasteiger partial charge in [0.15, 0.2) is 0 Å². The minimum absolute atomic E-state index is 0.680. The quantitative estimate of drug-likeness (QED) is 0.766. The maximum absolute atomic E-state index is 3.48. The van der Waals surface area contributed by atoms with E-state index in [1.54, 1.807) is 0 Å². The van der Waals surface area contributed by atoms with Gasteiger partial charge in [-0.2, -0.15) is 0 Å². The lowest BCUT2D eigenvalue weighted by atomic mass is 10.1. The van der Waals surface area contributed by atoms with Crippen molar-refractivity contribution in [2.45, 2.75) is 52.2 Å². The standard InChI is InChI=1S/C13H29N3/c1-6-13(8-14-7-2)16-9-11(3)15(5)12(4)10-16/h11-14H,6-10H2,1-5H3. The molecule has 0 aromatic carbocycles. The van der Waals surface area contributed by atoms with Crippen LogP contribution in [0.3, 0.4) is 0 Å². The Hall–Kier alpha value is -0.120. The third-order valence-electron chi connectivity index (χ3n) is 4.01. The molecule has 0 saturated carbocycles. The zero-order valence-corrected chi connectivity index (χ0v) is 11.7. The van der Waals surface area contributed by atoms with Crippen molar-refractivity contribution in [3.05, 3.63) is 0 Å². The van der Waals surface area contributed by atoms with E-state index in [4.69, 9.17) is 0 Å². The van der Waals surface area contributed by atoms with Crippen LogP contribution >= 0.6 is 0 Å². The highest BCUT2D eigenvalue weighted by Crippen LogP contribution is 2.16. The van der Waals surface area contributed by atoms with Gasteiger partial charge in [-0.3, -0.25) is 9.80 Å². The Bertz CT molecular complexity index is 184. The Morgan fingerprint density at radius 1 is 1.19 bits per heavy atom. The van der Waals surface area contributed by atoms with Crippen LogP contribution in [0.2, 0.25) is 0 Å². The molecule has 0 spiro atoms. The maximum Gasteiger partial charge on any atom is 0.0219 e. The second-order valence-corrected chi connectivity index (χ2v) is 5.19. The van der Waals surface area contributed by atoms with Crippen molar-refractivity contribution >= 4 is 0 Å². The van der Waals surface area contributed by atoms with Crippen molar-refractivity contribution in [1.29, 1.82) is 0 Å². The monoisotopic (exact) mass is 227 g/mol. The van der Waals surface area contributed by atoms with E-state index in [0.29, 0.717) is 18.1 Å². The van der Waals surface area contributed by atoms with Crippen molar-refractivity contribution in [2.24, 2.45) is 0 Å². The normalized spacial score (nSPS) is 30.6. The second kappa shape index (κ2) is 6.58. The van der Waals surface area contributed by atoms with Gasteiger partial charge in [0.25, 0.3) is 0 Å². The van der Waals surface area contributed by atoms with Crippen molar-refractivity contribution in [3.8, 4) is 0 Å². The molecule has 0 bridgehead atoms. The molecule has 3 unspecified atom stereocenters. The van der Waals surface area contributed by atoms with Gasteiger partial charge in [-0.1, -0.05) is 13.8 Å². The summed E-state index contributed by atoms with van der Waals surface area (Å²) in [6.45, 7) is 13.8. The molecule has 3 nitrogen and oxygen atoms in total. The first-order chi connectivity index (χ1) is 7.60. The van der Waals surface area contributed by atoms with Gasteiger partial charge in [0.2, 0.25) is 0 Å². The predicted molar refractivity (Wildman–Crippen MR) is 70.9 cm³/mol. The molecule has 1 rings (SSSR count). The Morgan fingerprint density at radius 3 is 2.19 bits per heavy atom. The number of rotatable bonds is 5. The Kier molecular flexibility index (Phi) is 5.73. The van der Waals surface area contributed by atoms with Gasteiger partial charge in [-0.05, 0) is 33.9 Å². The van der Waals surface area contributed by atoms with Crippen LogP contribution in [0.25, 0.3) is 0 Å². The number of nitrogens with zero attached hydrogens (tertiary/aromatic N) is 2. The molecule has 0 radical (unpaired) electrons. The summed E-state index contributed by atoms with van der Waals surface area (Å²) < 4.78 is 0. The van der Waals surface area contributed by atoms with Crippen LogP contribution in [0.1, 0.15) is 34.1 Å². The number of hydrogen-bond acceptors (Lipinski definition) is 3. The van der Waals surface area contributed by atoms with Gasteiger partial charge in [-0.15, -0.1) is 0 Å². The van der Waals surface area contributed by atoms with E-state index in [0.717, 1.165) is 13.1 Å². The van der Waals surface area contributed by atoms with Gasteiger partial charge in [-0.25, -0.2) is 0 Å². The predicted octanol–water partition coefficient (Wildman–Crippen LogP) is 1.40. The first-order valence-corrected chi connectivity index (χ1v) is 6.76. The van der Waals surface area contributed by atoms with E-state index >= 15 is 0 Å². The minimum atomic E-state index is 0.680. The summed E-state index contributed by atoms with van der Waals surface area (Å²) in [4.78, 5) is 5.16. The molecule has 1 N–H and O–H groups in total. The van der Waals surface area contributed by atoms with E-state index in [1.807, 2.05) is 0 Å². The lowest BCUT2D eigenvalue weighted by Crippen LogP contribution is -2.58. The zero-order chi connectivity index (χ0) is 12.1. The summed E-state index contributed by atoms with van der Waals surface area (Å²) in [5.74, 6) is 0. The van der Waals surface area contributed by atoms with Crippen LogP contribution in [0, 0.1) is 0 Å². The van der Waals surface area contributed by atoms with E-state index in [9.17, 15) is 0 Å². The van der Waals surface area contributed by atoms with Gasteiger partial charge in [0.05, 0.1) is 0 Å². The molecule has 3 heteroatoms. The van der Waals surface area contributed by atoms with Crippen molar-refractivity contribution < 1.29 is 0 Å². The molecule has 1 aliphatic rings. The fourth-order valence-electron chi connectivity index (χ4n) is 2.59. The fourth-order valence-corrected chi connectivity index (χ4v) is 2.59. The Balaban J connectivity index is 2.51. The summed E-state index contributed by atoms with van der Waals surface area (Å²) in [6.07, 6.45) is 1.25. The third-order valence-corrected chi connectivity index (χ3v) is 4.01. The molecule has 0 aliphatic carbocycles. The highest BCUT2D eigenvalue weighted by molar-refractivity contribution is 4.86. The maximum atomic E-state index is 3.48. The summed E-state index contributed by atoms with van der Waals surface area (Å²) in [6, 6.07) is 2.07. The average Bonchev–Trinajstić information content (AvgIpc) is 2.26.